The molecule has 0 atom stereocenters. The van der Waals surface area contributed by atoms with E-state index in [2.05, 4.69) is 14.7 Å². The lowest BCUT2D eigenvalue weighted by Crippen LogP contribution is -2.13. The van der Waals surface area contributed by atoms with Crippen LogP contribution in [0.2, 0.25) is 5.15 Å². The van der Waals surface area contributed by atoms with Gasteiger partial charge in [0.05, 0.1) is 5.69 Å². The smallest absolute Gasteiger partial charge is 0.255 e. The predicted octanol–water partition coefficient (Wildman–Crippen LogP) is 2.87. The van der Waals surface area contributed by atoms with Crippen LogP contribution in [0.3, 0.4) is 0 Å². The quantitative estimate of drug-likeness (QED) is 0.879. The summed E-state index contributed by atoms with van der Waals surface area (Å²) in [6.07, 6.45) is 5.58. The highest BCUT2D eigenvalue weighted by atomic mass is 35.5. The first-order chi connectivity index (χ1) is 9.56. The Morgan fingerprint density at radius 2 is 2.10 bits per heavy atom. The summed E-state index contributed by atoms with van der Waals surface area (Å²) in [5.74, 6) is 0. The normalized spacial score (nSPS) is 14.8. The van der Waals surface area contributed by atoms with Crippen molar-refractivity contribution < 1.29 is 8.42 Å². The summed E-state index contributed by atoms with van der Waals surface area (Å²) in [5.41, 5.74) is 1.01. The first-order valence-corrected chi connectivity index (χ1v) is 8.86. The van der Waals surface area contributed by atoms with Gasteiger partial charge < -0.3 is 0 Å². The number of fused-ring (bicyclic) bond motifs is 1. The van der Waals surface area contributed by atoms with Crippen LogP contribution in [0.1, 0.15) is 23.4 Å². The first kappa shape index (κ1) is 13.8. The molecule has 2 aromatic rings. The zero-order chi connectivity index (χ0) is 14.2. The van der Waals surface area contributed by atoms with Crippen LogP contribution in [0.25, 0.3) is 0 Å². The van der Waals surface area contributed by atoms with Crippen LogP contribution in [0, 0.1) is 0 Å². The molecule has 5 nitrogen and oxygen atoms in total. The molecule has 1 N–H and O–H groups in total. The molecule has 0 fully saturated rings. The van der Waals surface area contributed by atoms with E-state index in [-0.39, 0.29) is 10.0 Å². The topological polar surface area (TPSA) is 72.0 Å². The molecule has 106 valence electrons. The number of anilines is 1. The average molecular weight is 330 g/mol. The van der Waals surface area contributed by atoms with E-state index in [1.165, 1.54) is 34.5 Å². The number of hydrogen-bond donors (Lipinski definition) is 1. The fourth-order valence-electron chi connectivity index (χ4n) is 2.14. The van der Waals surface area contributed by atoms with Crippen molar-refractivity contribution >= 4 is 38.1 Å². The van der Waals surface area contributed by atoms with E-state index in [0.29, 0.717) is 5.13 Å². The van der Waals surface area contributed by atoms with Gasteiger partial charge in [0, 0.05) is 11.1 Å². The molecule has 0 aromatic carbocycles. The highest BCUT2D eigenvalue weighted by Crippen LogP contribution is 2.31. The zero-order valence-electron chi connectivity index (χ0n) is 10.5. The number of thiazole rings is 1. The molecular formula is C12H12ClN3O2S2. The number of aromatic nitrogens is 2. The molecule has 0 bridgehead atoms. The van der Waals surface area contributed by atoms with Gasteiger partial charge in [0.2, 0.25) is 0 Å². The molecule has 0 amide bonds. The fourth-order valence-corrected chi connectivity index (χ4v) is 4.88. The van der Waals surface area contributed by atoms with Gasteiger partial charge in [0.25, 0.3) is 10.0 Å². The third kappa shape index (κ3) is 2.65. The van der Waals surface area contributed by atoms with Crippen LogP contribution >= 0.6 is 22.9 Å². The Hall–Kier alpha value is -1.18. The number of nitrogens with one attached hydrogen (secondary N) is 1. The highest BCUT2D eigenvalue weighted by molar-refractivity contribution is 7.93. The van der Waals surface area contributed by atoms with Crippen molar-refractivity contribution in [3.63, 3.8) is 0 Å². The molecule has 1 aliphatic rings. The van der Waals surface area contributed by atoms with E-state index in [0.717, 1.165) is 31.4 Å². The second kappa shape index (κ2) is 5.31. The highest BCUT2D eigenvalue weighted by Gasteiger charge is 2.22. The molecule has 0 saturated heterocycles. The summed E-state index contributed by atoms with van der Waals surface area (Å²) in [7, 11) is -3.74. The maximum Gasteiger partial charge on any atom is 0.266 e. The van der Waals surface area contributed by atoms with E-state index in [1.807, 2.05) is 0 Å². The van der Waals surface area contributed by atoms with Gasteiger partial charge >= 0.3 is 0 Å². The van der Waals surface area contributed by atoms with Crippen LogP contribution in [-0.4, -0.2) is 18.4 Å². The minimum absolute atomic E-state index is 0.0326. The molecule has 0 spiro atoms. The number of hydrogen-bond acceptors (Lipinski definition) is 5. The summed E-state index contributed by atoms with van der Waals surface area (Å²) in [6.45, 7) is 0. The Morgan fingerprint density at radius 1 is 1.30 bits per heavy atom. The molecular weight excluding hydrogens is 318 g/mol. The Labute approximate surface area is 126 Å². The van der Waals surface area contributed by atoms with Gasteiger partial charge in [-0.05, 0) is 37.8 Å². The third-order valence-electron chi connectivity index (χ3n) is 3.08. The minimum Gasteiger partial charge on any atom is -0.255 e. The molecule has 3 rings (SSSR count). The third-order valence-corrected chi connectivity index (χ3v) is 6.07. The lowest BCUT2D eigenvalue weighted by atomic mass is 10.0. The molecule has 0 unspecified atom stereocenters. The van der Waals surface area contributed by atoms with Gasteiger partial charge in [0.15, 0.2) is 5.13 Å². The first-order valence-electron chi connectivity index (χ1n) is 6.18. The lowest BCUT2D eigenvalue weighted by Gasteiger charge is -2.06. The second-order valence-corrected chi connectivity index (χ2v) is 7.59. The van der Waals surface area contributed by atoms with Gasteiger partial charge in [-0.25, -0.2) is 18.4 Å². The average Bonchev–Trinajstić information content (AvgIpc) is 2.80. The van der Waals surface area contributed by atoms with Crippen LogP contribution in [0.5, 0.6) is 0 Å². The van der Waals surface area contributed by atoms with Crippen molar-refractivity contribution in [3.8, 4) is 0 Å². The van der Waals surface area contributed by atoms with E-state index in [9.17, 15) is 8.42 Å². The number of nitrogens with zero attached hydrogens (tertiary/aromatic N) is 2. The van der Waals surface area contributed by atoms with Crippen molar-refractivity contribution in [2.45, 2.75) is 30.6 Å². The largest absolute Gasteiger partial charge is 0.266 e. The van der Waals surface area contributed by atoms with Gasteiger partial charge in [-0.1, -0.05) is 11.6 Å². The van der Waals surface area contributed by atoms with Crippen LogP contribution in [0.15, 0.2) is 23.2 Å². The molecule has 20 heavy (non-hydrogen) atoms. The van der Waals surface area contributed by atoms with Gasteiger partial charge in [-0.2, -0.15) is 0 Å². The lowest BCUT2D eigenvalue weighted by molar-refractivity contribution is 0.601. The molecule has 1 aliphatic carbocycles. The van der Waals surface area contributed by atoms with Gasteiger partial charge in [-0.15, -0.1) is 11.3 Å². The molecule has 0 radical (unpaired) electrons. The molecule has 8 heteroatoms. The van der Waals surface area contributed by atoms with Crippen molar-refractivity contribution in [3.05, 3.63) is 34.1 Å². The number of rotatable bonds is 3. The maximum atomic E-state index is 12.3. The van der Waals surface area contributed by atoms with E-state index >= 15 is 0 Å². The fraction of sp³-hybridized carbons (Fsp3) is 0.333. The Balaban J connectivity index is 1.90. The van der Waals surface area contributed by atoms with E-state index < -0.39 is 10.0 Å². The number of halogens is 1. The van der Waals surface area contributed by atoms with Crippen LogP contribution in [-0.2, 0) is 22.9 Å². The second-order valence-electron chi connectivity index (χ2n) is 4.49. The summed E-state index contributed by atoms with van der Waals surface area (Å²) < 4.78 is 27.0. The zero-order valence-corrected chi connectivity index (χ0v) is 12.9. The number of pyridine rings is 1. The Bertz CT molecular complexity index is 719. The standard InChI is InChI=1S/C12H12ClN3O2S2/c13-11-10(6-3-7-14-11)20(17,18)16-12-15-8-4-1-2-5-9(8)19-12/h3,6-7H,1-2,4-5H2,(H,15,16). The Kier molecular flexibility index (Phi) is 3.66. The van der Waals surface area contributed by atoms with E-state index in [1.54, 1.807) is 0 Å². The SMILES string of the molecule is O=S(=O)(Nc1nc2c(s1)CCCC2)c1cccnc1Cl. The van der Waals surface area contributed by atoms with Crippen molar-refractivity contribution in [1.82, 2.24) is 9.97 Å². The maximum absolute atomic E-state index is 12.3. The molecule has 2 aromatic heterocycles. The summed E-state index contributed by atoms with van der Waals surface area (Å²) in [5, 5.41) is 0.359. The van der Waals surface area contributed by atoms with Crippen molar-refractivity contribution in [2.75, 3.05) is 4.72 Å². The summed E-state index contributed by atoms with van der Waals surface area (Å²) >= 11 is 7.23. The number of aryl methyl sites for hydroxylation is 2. The summed E-state index contributed by atoms with van der Waals surface area (Å²) in [4.78, 5) is 9.28. The number of sulfonamides is 1. The predicted molar refractivity (Wildman–Crippen MR) is 78.8 cm³/mol. The Morgan fingerprint density at radius 3 is 2.85 bits per heavy atom. The summed E-state index contributed by atoms with van der Waals surface area (Å²) in [6, 6.07) is 2.96. The van der Waals surface area contributed by atoms with Gasteiger partial charge in [0.1, 0.15) is 10.0 Å². The van der Waals surface area contributed by atoms with E-state index in [4.69, 9.17) is 11.6 Å². The molecule has 0 saturated carbocycles. The minimum atomic E-state index is -3.74. The van der Waals surface area contributed by atoms with Crippen LogP contribution < -0.4 is 4.72 Å². The van der Waals surface area contributed by atoms with Gasteiger partial charge in [-0.3, -0.25) is 4.72 Å². The molecule has 2 heterocycles. The van der Waals surface area contributed by atoms with Crippen molar-refractivity contribution in [2.24, 2.45) is 0 Å². The molecule has 0 aliphatic heterocycles. The monoisotopic (exact) mass is 329 g/mol. The van der Waals surface area contributed by atoms with Crippen LogP contribution in [0.4, 0.5) is 5.13 Å². The van der Waals surface area contributed by atoms with Crippen molar-refractivity contribution in [1.29, 1.82) is 0 Å².